The molecule has 1 aromatic rings. The van der Waals surface area contributed by atoms with Crippen molar-refractivity contribution < 1.29 is 14.2 Å². The molecule has 2 unspecified atom stereocenters. The molecule has 0 bridgehead atoms. The number of ether oxygens (including phenoxy) is 3. The van der Waals surface area contributed by atoms with Crippen LogP contribution in [0.3, 0.4) is 0 Å². The first-order chi connectivity index (χ1) is 9.38. The Morgan fingerprint density at radius 1 is 1.32 bits per heavy atom. The highest BCUT2D eigenvalue weighted by atomic mass is 16.6. The zero-order chi connectivity index (χ0) is 13.1. The topological polar surface area (TPSA) is 39.7 Å². The fourth-order valence-corrected chi connectivity index (χ4v) is 2.82. The van der Waals surface area contributed by atoms with Crippen molar-refractivity contribution in [1.29, 1.82) is 0 Å². The zero-order valence-electron chi connectivity index (χ0n) is 11.4. The Kier molecular flexibility index (Phi) is 3.89. The fraction of sp³-hybridized carbons (Fsp3) is 0.600. The van der Waals surface area contributed by atoms with Gasteiger partial charge in [0.15, 0.2) is 11.5 Å². The zero-order valence-corrected chi connectivity index (χ0v) is 11.4. The van der Waals surface area contributed by atoms with Crippen LogP contribution in [0.2, 0.25) is 0 Å². The SMILES string of the molecule is COc1cccc(C2CCCN2)c1OC1CCOC1. The molecule has 4 heteroatoms. The van der Waals surface area contributed by atoms with Crippen LogP contribution in [0.4, 0.5) is 0 Å². The first-order valence-corrected chi connectivity index (χ1v) is 7.03. The smallest absolute Gasteiger partial charge is 0.166 e. The monoisotopic (exact) mass is 263 g/mol. The number of methoxy groups -OCH3 is 1. The second-order valence-electron chi connectivity index (χ2n) is 5.13. The molecule has 4 nitrogen and oxygen atoms in total. The van der Waals surface area contributed by atoms with E-state index in [0.29, 0.717) is 12.6 Å². The molecule has 1 N–H and O–H groups in total. The molecular formula is C15H21NO3. The lowest BCUT2D eigenvalue weighted by Crippen LogP contribution is -2.20. The molecule has 2 fully saturated rings. The predicted octanol–water partition coefficient (Wildman–Crippen LogP) is 2.29. The number of hydrogen-bond donors (Lipinski definition) is 1. The molecule has 2 heterocycles. The Labute approximate surface area is 114 Å². The molecule has 0 aromatic heterocycles. The highest BCUT2D eigenvalue weighted by Gasteiger charge is 2.25. The average Bonchev–Trinajstić information content (AvgIpc) is 3.11. The van der Waals surface area contributed by atoms with Crippen molar-refractivity contribution in [2.24, 2.45) is 0 Å². The quantitative estimate of drug-likeness (QED) is 0.904. The predicted molar refractivity (Wildman–Crippen MR) is 72.8 cm³/mol. The lowest BCUT2D eigenvalue weighted by atomic mass is 10.0. The molecule has 0 saturated carbocycles. The van der Waals surface area contributed by atoms with Gasteiger partial charge in [-0.25, -0.2) is 0 Å². The van der Waals surface area contributed by atoms with Crippen molar-refractivity contribution in [2.75, 3.05) is 26.9 Å². The van der Waals surface area contributed by atoms with Crippen LogP contribution in [-0.4, -0.2) is 33.0 Å². The van der Waals surface area contributed by atoms with Gasteiger partial charge < -0.3 is 19.5 Å². The summed E-state index contributed by atoms with van der Waals surface area (Å²) in [4.78, 5) is 0. The summed E-state index contributed by atoms with van der Waals surface area (Å²) in [6.45, 7) is 2.54. The Bertz CT molecular complexity index is 423. The molecule has 2 atom stereocenters. The third-order valence-electron chi connectivity index (χ3n) is 3.84. The number of hydrogen-bond acceptors (Lipinski definition) is 4. The molecule has 0 spiro atoms. The van der Waals surface area contributed by atoms with Crippen molar-refractivity contribution >= 4 is 0 Å². The lowest BCUT2D eigenvalue weighted by molar-refractivity contribution is 0.137. The summed E-state index contributed by atoms with van der Waals surface area (Å²) >= 11 is 0. The molecular weight excluding hydrogens is 242 g/mol. The molecule has 3 rings (SSSR count). The van der Waals surface area contributed by atoms with Crippen LogP contribution in [0.15, 0.2) is 18.2 Å². The highest BCUT2D eigenvalue weighted by molar-refractivity contribution is 5.48. The van der Waals surface area contributed by atoms with Crippen LogP contribution >= 0.6 is 0 Å². The van der Waals surface area contributed by atoms with Gasteiger partial charge in [0.25, 0.3) is 0 Å². The van der Waals surface area contributed by atoms with Gasteiger partial charge in [-0.1, -0.05) is 12.1 Å². The van der Waals surface area contributed by atoms with Gasteiger partial charge in [-0.05, 0) is 25.5 Å². The minimum Gasteiger partial charge on any atom is -0.493 e. The number of para-hydroxylation sites is 1. The maximum atomic E-state index is 6.15. The number of nitrogens with one attached hydrogen (secondary N) is 1. The first kappa shape index (κ1) is 12.8. The van der Waals surface area contributed by atoms with Gasteiger partial charge in [-0.3, -0.25) is 0 Å². The van der Waals surface area contributed by atoms with Crippen LogP contribution in [0, 0.1) is 0 Å². The second kappa shape index (κ2) is 5.80. The summed E-state index contributed by atoms with van der Waals surface area (Å²) in [5, 5.41) is 3.52. The lowest BCUT2D eigenvalue weighted by Gasteiger charge is -2.21. The van der Waals surface area contributed by atoms with Gasteiger partial charge in [-0.2, -0.15) is 0 Å². The first-order valence-electron chi connectivity index (χ1n) is 7.03. The van der Waals surface area contributed by atoms with Crippen LogP contribution in [0.25, 0.3) is 0 Å². The molecule has 104 valence electrons. The maximum Gasteiger partial charge on any atom is 0.166 e. The summed E-state index contributed by atoms with van der Waals surface area (Å²) < 4.78 is 17.0. The summed E-state index contributed by atoms with van der Waals surface area (Å²) in [6.07, 6.45) is 3.48. The third-order valence-corrected chi connectivity index (χ3v) is 3.84. The van der Waals surface area contributed by atoms with Crippen LogP contribution < -0.4 is 14.8 Å². The minimum absolute atomic E-state index is 0.149. The Morgan fingerprint density at radius 3 is 2.95 bits per heavy atom. The molecule has 2 aliphatic rings. The molecule has 19 heavy (non-hydrogen) atoms. The molecule has 2 aliphatic heterocycles. The van der Waals surface area contributed by atoms with Gasteiger partial charge in [-0.15, -0.1) is 0 Å². The average molecular weight is 263 g/mol. The Morgan fingerprint density at radius 2 is 2.26 bits per heavy atom. The third kappa shape index (κ3) is 2.69. The van der Waals surface area contributed by atoms with E-state index in [4.69, 9.17) is 14.2 Å². The molecule has 0 aliphatic carbocycles. The van der Waals surface area contributed by atoms with Gasteiger partial charge in [0.2, 0.25) is 0 Å². The van der Waals surface area contributed by atoms with Crippen LogP contribution in [0.1, 0.15) is 30.9 Å². The molecule has 0 radical (unpaired) electrons. The van der Waals surface area contributed by atoms with Crippen molar-refractivity contribution in [2.45, 2.75) is 31.4 Å². The van der Waals surface area contributed by atoms with Crippen LogP contribution in [0.5, 0.6) is 11.5 Å². The summed E-state index contributed by atoms with van der Waals surface area (Å²) in [7, 11) is 1.69. The summed E-state index contributed by atoms with van der Waals surface area (Å²) in [5.41, 5.74) is 1.21. The largest absolute Gasteiger partial charge is 0.493 e. The van der Waals surface area contributed by atoms with E-state index in [9.17, 15) is 0 Å². The van der Waals surface area contributed by atoms with E-state index in [-0.39, 0.29) is 6.10 Å². The number of rotatable bonds is 4. The minimum atomic E-state index is 0.149. The molecule has 1 aromatic carbocycles. The number of benzene rings is 1. The van der Waals surface area contributed by atoms with Gasteiger partial charge >= 0.3 is 0 Å². The fourth-order valence-electron chi connectivity index (χ4n) is 2.82. The standard InChI is InChI=1S/C15H21NO3/c1-17-14-6-2-4-12(13-5-3-8-16-13)15(14)19-11-7-9-18-10-11/h2,4,6,11,13,16H,3,5,7-10H2,1H3. The van der Waals surface area contributed by atoms with Gasteiger partial charge in [0, 0.05) is 18.0 Å². The Balaban J connectivity index is 1.88. The van der Waals surface area contributed by atoms with Gasteiger partial charge in [0.1, 0.15) is 6.10 Å². The summed E-state index contributed by atoms with van der Waals surface area (Å²) in [6, 6.07) is 6.51. The van der Waals surface area contributed by atoms with Gasteiger partial charge in [0.05, 0.1) is 20.3 Å². The van der Waals surface area contributed by atoms with E-state index in [0.717, 1.165) is 37.5 Å². The Hall–Kier alpha value is -1.26. The van der Waals surface area contributed by atoms with E-state index in [1.54, 1.807) is 7.11 Å². The maximum absolute atomic E-state index is 6.15. The second-order valence-corrected chi connectivity index (χ2v) is 5.13. The normalized spacial score (nSPS) is 26.6. The van der Waals surface area contributed by atoms with E-state index in [2.05, 4.69) is 11.4 Å². The summed E-state index contributed by atoms with van der Waals surface area (Å²) in [5.74, 6) is 1.71. The van der Waals surface area contributed by atoms with Crippen LogP contribution in [-0.2, 0) is 4.74 Å². The van der Waals surface area contributed by atoms with Crippen molar-refractivity contribution in [3.63, 3.8) is 0 Å². The van der Waals surface area contributed by atoms with Crippen molar-refractivity contribution in [1.82, 2.24) is 5.32 Å². The van der Waals surface area contributed by atoms with E-state index in [1.807, 2.05) is 12.1 Å². The molecule has 0 amide bonds. The van der Waals surface area contributed by atoms with Crippen molar-refractivity contribution in [3.8, 4) is 11.5 Å². The van der Waals surface area contributed by atoms with E-state index >= 15 is 0 Å². The molecule has 2 saturated heterocycles. The highest BCUT2D eigenvalue weighted by Crippen LogP contribution is 2.38. The van der Waals surface area contributed by atoms with Crippen molar-refractivity contribution in [3.05, 3.63) is 23.8 Å². The van der Waals surface area contributed by atoms with E-state index in [1.165, 1.54) is 12.0 Å². The van der Waals surface area contributed by atoms with E-state index < -0.39 is 0 Å².